The predicted molar refractivity (Wildman–Crippen MR) is 112 cm³/mol. The minimum absolute atomic E-state index is 0.0882. The first-order chi connectivity index (χ1) is 14.0. The molecule has 0 atom stereocenters. The first-order valence-electron chi connectivity index (χ1n) is 9.02. The van der Waals surface area contributed by atoms with Gasteiger partial charge in [-0.15, -0.1) is 0 Å². The molecule has 156 valence electrons. The first kappa shape index (κ1) is 20.4. The molecular weight excluding hydrogens is 432 g/mol. The molecule has 0 radical (unpaired) electrons. The van der Waals surface area contributed by atoms with Crippen LogP contribution in [-0.4, -0.2) is 19.1 Å². The van der Waals surface area contributed by atoms with Crippen LogP contribution in [0, 0.1) is 15.5 Å². The molecule has 0 spiro atoms. The molecule has 4 rings (SSSR count). The molecule has 0 fully saturated rings. The quantitative estimate of drug-likeness (QED) is 0.445. The lowest BCUT2D eigenvalue weighted by Gasteiger charge is -2.27. The average molecular weight is 449 g/mol. The number of carbonyl (C=O) groups is 1. The molecule has 10 heteroatoms. The van der Waals surface area contributed by atoms with Gasteiger partial charge < -0.3 is 4.42 Å². The Morgan fingerprint density at radius 3 is 2.63 bits per heavy atom. The van der Waals surface area contributed by atoms with E-state index in [9.17, 15) is 23.3 Å². The van der Waals surface area contributed by atoms with Gasteiger partial charge in [0.2, 0.25) is 0 Å². The third kappa shape index (κ3) is 3.54. The molecule has 0 bridgehead atoms. The van der Waals surface area contributed by atoms with Crippen LogP contribution in [-0.2, 0) is 16.4 Å². The molecular formula is C20H17ClN2O6S. The van der Waals surface area contributed by atoms with Gasteiger partial charge in [0, 0.05) is 30.4 Å². The highest BCUT2D eigenvalue weighted by Gasteiger charge is 2.35. The number of hydrogen-bond donors (Lipinski definition) is 1. The summed E-state index contributed by atoms with van der Waals surface area (Å²) in [5.41, 5.74) is 0.286. The Morgan fingerprint density at radius 1 is 1.20 bits per heavy atom. The van der Waals surface area contributed by atoms with E-state index in [0.717, 1.165) is 6.07 Å². The van der Waals surface area contributed by atoms with Crippen molar-refractivity contribution in [3.63, 3.8) is 0 Å². The summed E-state index contributed by atoms with van der Waals surface area (Å²) in [5, 5.41) is 11.5. The van der Waals surface area contributed by atoms with Gasteiger partial charge in [0.05, 0.1) is 26.1 Å². The molecule has 3 aromatic rings. The summed E-state index contributed by atoms with van der Waals surface area (Å²) in [6.07, 6.45) is 0.906. The van der Waals surface area contributed by atoms with E-state index in [4.69, 9.17) is 16.0 Å². The Balaban J connectivity index is 1.77. The number of nitro groups is 1. The van der Waals surface area contributed by atoms with Gasteiger partial charge in [0.25, 0.3) is 15.7 Å². The lowest BCUT2D eigenvalue weighted by Crippen LogP contribution is -2.25. The Labute approximate surface area is 177 Å². The van der Waals surface area contributed by atoms with E-state index < -0.39 is 14.9 Å². The minimum Gasteiger partial charge on any atom is -0.459 e. The van der Waals surface area contributed by atoms with Crippen molar-refractivity contribution in [2.45, 2.75) is 31.6 Å². The topological polar surface area (TPSA) is 120 Å². The Bertz CT molecular complexity index is 1330. The number of halogens is 1. The number of nitro benzene ring substituents is 1. The third-order valence-corrected chi connectivity index (χ3v) is 6.62. The molecule has 0 saturated carbocycles. The zero-order valence-electron chi connectivity index (χ0n) is 16.1. The van der Waals surface area contributed by atoms with Crippen molar-refractivity contribution in [3.8, 4) is 0 Å². The number of nitrogens with one attached hydrogen (secondary N) is 1. The number of Topliss-reactive ketones (excluding diaryl/α,β-unsaturated/α-hetero) is 1. The van der Waals surface area contributed by atoms with Crippen LogP contribution in [0.4, 0.5) is 11.4 Å². The molecule has 2 aromatic carbocycles. The molecule has 0 unspecified atom stereocenters. The van der Waals surface area contributed by atoms with Crippen molar-refractivity contribution in [1.82, 2.24) is 0 Å². The summed E-state index contributed by atoms with van der Waals surface area (Å²) >= 11 is 6.31. The lowest BCUT2D eigenvalue weighted by molar-refractivity contribution is -0.385. The maximum atomic E-state index is 12.7. The highest BCUT2D eigenvalue weighted by molar-refractivity contribution is 7.92. The maximum absolute atomic E-state index is 12.7. The van der Waals surface area contributed by atoms with E-state index >= 15 is 0 Å². The Morgan fingerprint density at radius 2 is 1.93 bits per heavy atom. The molecule has 0 saturated heterocycles. The van der Waals surface area contributed by atoms with Crippen molar-refractivity contribution in [3.05, 3.63) is 62.9 Å². The van der Waals surface area contributed by atoms with Crippen LogP contribution in [0.5, 0.6) is 0 Å². The number of fused-ring (bicyclic) bond motifs is 3. The van der Waals surface area contributed by atoms with Crippen molar-refractivity contribution in [2.75, 3.05) is 4.72 Å². The number of furan rings is 1. The highest BCUT2D eigenvalue weighted by Crippen LogP contribution is 2.42. The van der Waals surface area contributed by atoms with Gasteiger partial charge in [-0.2, -0.15) is 0 Å². The van der Waals surface area contributed by atoms with Crippen molar-refractivity contribution >= 4 is 49.8 Å². The van der Waals surface area contributed by atoms with Crippen LogP contribution in [0.1, 0.15) is 36.4 Å². The average Bonchev–Trinajstić information content (AvgIpc) is 2.99. The zero-order chi connectivity index (χ0) is 21.8. The van der Waals surface area contributed by atoms with Gasteiger partial charge in [-0.1, -0.05) is 31.5 Å². The Hall–Kier alpha value is -2.91. The molecule has 1 aliphatic carbocycles. The fourth-order valence-electron chi connectivity index (χ4n) is 3.69. The van der Waals surface area contributed by atoms with Crippen LogP contribution in [0.2, 0.25) is 5.02 Å². The molecule has 1 heterocycles. The number of rotatable bonds is 4. The second kappa shape index (κ2) is 6.82. The van der Waals surface area contributed by atoms with Crippen molar-refractivity contribution in [2.24, 2.45) is 5.41 Å². The number of nitrogens with zero attached hydrogens (tertiary/aromatic N) is 1. The zero-order valence-corrected chi connectivity index (χ0v) is 17.6. The molecule has 1 aliphatic rings. The first-order valence-corrected chi connectivity index (χ1v) is 10.9. The molecule has 1 aromatic heterocycles. The number of benzene rings is 2. The van der Waals surface area contributed by atoms with E-state index in [1.807, 2.05) is 13.8 Å². The molecule has 8 nitrogen and oxygen atoms in total. The summed E-state index contributed by atoms with van der Waals surface area (Å²) in [4.78, 5) is 22.7. The number of sulfonamides is 1. The smallest absolute Gasteiger partial charge is 0.270 e. The third-order valence-electron chi connectivity index (χ3n) is 4.97. The monoisotopic (exact) mass is 448 g/mol. The van der Waals surface area contributed by atoms with Crippen molar-refractivity contribution in [1.29, 1.82) is 0 Å². The normalized spacial score (nSPS) is 15.8. The Kier molecular flexibility index (Phi) is 4.63. The van der Waals surface area contributed by atoms with E-state index in [0.29, 0.717) is 35.1 Å². The second-order valence-electron chi connectivity index (χ2n) is 8.04. The summed E-state index contributed by atoms with van der Waals surface area (Å²) in [6, 6.07) is 7.58. The number of non-ortho nitro benzene ring substituents is 1. The second-order valence-corrected chi connectivity index (χ2v) is 10.1. The standard InChI is InChI=1S/C20H17ClN2O6S/c1-20(2)9-16(24)18-14-6-11(7-15(21)19(14)29-17(18)10-20)22-30(27,28)13-5-3-4-12(8-13)23(25)26/h3-8,22H,9-10H2,1-2H3. The van der Waals surface area contributed by atoms with E-state index in [2.05, 4.69) is 4.72 Å². The lowest BCUT2D eigenvalue weighted by atomic mass is 9.76. The minimum atomic E-state index is -4.12. The summed E-state index contributed by atoms with van der Waals surface area (Å²) in [7, 11) is -4.12. The highest BCUT2D eigenvalue weighted by atomic mass is 35.5. The van der Waals surface area contributed by atoms with Crippen LogP contribution < -0.4 is 4.72 Å². The molecule has 30 heavy (non-hydrogen) atoms. The van der Waals surface area contributed by atoms with Gasteiger partial charge in [0.1, 0.15) is 5.76 Å². The van der Waals surface area contributed by atoms with Gasteiger partial charge >= 0.3 is 0 Å². The summed E-state index contributed by atoms with van der Waals surface area (Å²) in [6.45, 7) is 3.95. The number of ketones is 1. The molecule has 0 aliphatic heterocycles. The largest absolute Gasteiger partial charge is 0.459 e. The van der Waals surface area contributed by atoms with Crippen LogP contribution in [0.25, 0.3) is 11.0 Å². The van der Waals surface area contributed by atoms with Gasteiger partial charge in [-0.25, -0.2) is 8.42 Å². The van der Waals surface area contributed by atoms with Gasteiger partial charge in [0.15, 0.2) is 11.4 Å². The van der Waals surface area contributed by atoms with Crippen LogP contribution in [0.15, 0.2) is 45.7 Å². The molecule has 1 N–H and O–H groups in total. The number of carbonyl (C=O) groups excluding carboxylic acids is 1. The summed E-state index contributed by atoms with van der Waals surface area (Å²) < 4.78 is 33.7. The summed E-state index contributed by atoms with van der Waals surface area (Å²) in [5.74, 6) is 0.446. The van der Waals surface area contributed by atoms with Gasteiger partial charge in [-0.3, -0.25) is 19.6 Å². The van der Waals surface area contributed by atoms with Crippen molar-refractivity contribution < 1.29 is 22.6 Å². The van der Waals surface area contributed by atoms with E-state index in [-0.39, 0.29) is 32.5 Å². The SMILES string of the molecule is CC1(C)CC(=O)c2c(oc3c(Cl)cc(NS(=O)(=O)c4cccc([N+](=O)[O-])c4)cc23)C1. The fraction of sp³-hybridized carbons (Fsp3) is 0.250. The van der Waals surface area contributed by atoms with Gasteiger partial charge in [-0.05, 0) is 23.6 Å². The number of hydrogen-bond acceptors (Lipinski definition) is 6. The van der Waals surface area contributed by atoms with Crippen LogP contribution >= 0.6 is 11.6 Å². The van der Waals surface area contributed by atoms with Crippen LogP contribution in [0.3, 0.4) is 0 Å². The van der Waals surface area contributed by atoms with E-state index in [1.165, 1.54) is 30.3 Å². The maximum Gasteiger partial charge on any atom is 0.270 e. The fourth-order valence-corrected chi connectivity index (χ4v) is 5.03. The molecule has 0 amide bonds. The number of anilines is 1. The van der Waals surface area contributed by atoms with E-state index in [1.54, 1.807) is 0 Å². The predicted octanol–water partition coefficient (Wildman–Crippen LogP) is 4.95.